The van der Waals surface area contributed by atoms with E-state index in [-0.39, 0.29) is 22.9 Å². The lowest BCUT2D eigenvalue weighted by molar-refractivity contribution is -0.385. The van der Waals surface area contributed by atoms with Crippen LogP contribution in [-0.2, 0) is 19.6 Å². The summed E-state index contributed by atoms with van der Waals surface area (Å²) >= 11 is 0. The van der Waals surface area contributed by atoms with Crippen LogP contribution in [0.4, 0.5) is 11.4 Å². The number of esters is 1. The van der Waals surface area contributed by atoms with Gasteiger partial charge in [-0.15, -0.1) is 0 Å². The third-order valence-corrected chi connectivity index (χ3v) is 5.60. The van der Waals surface area contributed by atoms with Gasteiger partial charge in [-0.25, -0.2) is 8.42 Å². The molecule has 10 nitrogen and oxygen atoms in total. The van der Waals surface area contributed by atoms with Crippen LogP contribution in [0.5, 0.6) is 11.5 Å². The second-order valence-corrected chi connectivity index (χ2v) is 7.47. The van der Waals surface area contributed by atoms with Crippen LogP contribution in [0, 0.1) is 10.1 Å². The summed E-state index contributed by atoms with van der Waals surface area (Å²) in [6, 6.07) is 8.96. The fourth-order valence-electron chi connectivity index (χ4n) is 2.50. The van der Waals surface area contributed by atoms with E-state index < -0.39 is 33.1 Å². The van der Waals surface area contributed by atoms with E-state index in [0.29, 0.717) is 5.75 Å². The highest BCUT2D eigenvalue weighted by Crippen LogP contribution is 2.36. The van der Waals surface area contributed by atoms with Crippen molar-refractivity contribution >= 4 is 27.4 Å². The first-order valence-corrected chi connectivity index (χ1v) is 9.83. The maximum Gasteiger partial charge on any atom is 0.326 e. The third-order valence-electron chi connectivity index (χ3n) is 3.85. The zero-order chi connectivity index (χ0) is 21.6. The van der Waals surface area contributed by atoms with Gasteiger partial charge in [0.05, 0.1) is 36.3 Å². The van der Waals surface area contributed by atoms with Crippen molar-refractivity contribution in [1.29, 1.82) is 0 Å². The first-order chi connectivity index (χ1) is 13.7. The van der Waals surface area contributed by atoms with Crippen molar-refractivity contribution in [2.45, 2.75) is 11.8 Å². The molecule has 0 aliphatic carbocycles. The Morgan fingerprint density at radius 3 is 2.45 bits per heavy atom. The molecule has 11 heteroatoms. The highest BCUT2D eigenvalue weighted by molar-refractivity contribution is 7.92. The molecule has 0 saturated heterocycles. The summed E-state index contributed by atoms with van der Waals surface area (Å²) in [5.74, 6) is -0.320. The van der Waals surface area contributed by atoms with Gasteiger partial charge in [0.1, 0.15) is 18.0 Å². The molecule has 0 bridgehead atoms. The molecular weight excluding hydrogens is 404 g/mol. The summed E-state index contributed by atoms with van der Waals surface area (Å²) < 4.78 is 42.7. The summed E-state index contributed by atoms with van der Waals surface area (Å²) in [4.78, 5) is 22.1. The number of ether oxygens (including phenoxy) is 3. The Hall–Kier alpha value is -3.34. The Bertz CT molecular complexity index is 1010. The molecule has 29 heavy (non-hydrogen) atoms. The summed E-state index contributed by atoms with van der Waals surface area (Å²) in [6.07, 6.45) is 0. The lowest BCUT2D eigenvalue weighted by Crippen LogP contribution is -2.37. The largest absolute Gasteiger partial charge is 0.497 e. The van der Waals surface area contributed by atoms with Crippen molar-refractivity contribution in [3.05, 3.63) is 52.6 Å². The predicted molar refractivity (Wildman–Crippen MR) is 104 cm³/mol. The van der Waals surface area contributed by atoms with Gasteiger partial charge in [0.15, 0.2) is 0 Å². The van der Waals surface area contributed by atoms with E-state index >= 15 is 0 Å². The molecule has 0 amide bonds. The number of carbonyl (C=O) groups is 1. The van der Waals surface area contributed by atoms with E-state index in [1.54, 1.807) is 13.0 Å². The molecule has 2 rings (SSSR count). The number of sulfonamides is 1. The maximum absolute atomic E-state index is 13.3. The van der Waals surface area contributed by atoms with E-state index in [2.05, 4.69) is 0 Å². The smallest absolute Gasteiger partial charge is 0.326 e. The lowest BCUT2D eigenvalue weighted by atomic mass is 10.2. The number of rotatable bonds is 9. The standard InChI is InChI=1S/C18H20N2O8S/c1-4-28-18(21)12-19(16-11-14(26-2)8-9-17(16)27-3)29(24,25)15-7-5-6-13(10-15)20(22)23/h5-11H,4,12H2,1-3H3. The van der Waals surface area contributed by atoms with E-state index in [0.717, 1.165) is 10.4 Å². The molecular formula is C18H20N2O8S. The van der Waals surface area contributed by atoms with E-state index in [1.165, 1.54) is 44.6 Å². The lowest BCUT2D eigenvalue weighted by Gasteiger charge is -2.25. The van der Waals surface area contributed by atoms with Crippen LogP contribution in [0.3, 0.4) is 0 Å². The molecule has 2 aromatic rings. The van der Waals surface area contributed by atoms with Crippen molar-refractivity contribution in [3.63, 3.8) is 0 Å². The van der Waals surface area contributed by atoms with Crippen molar-refractivity contribution < 1.29 is 32.3 Å². The average molecular weight is 424 g/mol. The molecule has 0 fully saturated rings. The zero-order valence-corrected chi connectivity index (χ0v) is 16.8. The van der Waals surface area contributed by atoms with Crippen LogP contribution in [0.25, 0.3) is 0 Å². The van der Waals surface area contributed by atoms with Gasteiger partial charge in [-0.3, -0.25) is 19.2 Å². The van der Waals surface area contributed by atoms with Gasteiger partial charge in [0, 0.05) is 18.2 Å². The molecule has 0 aliphatic rings. The number of nitro benzene ring substituents is 1. The topological polar surface area (TPSA) is 125 Å². The monoisotopic (exact) mass is 424 g/mol. The van der Waals surface area contributed by atoms with E-state index in [9.17, 15) is 23.3 Å². The highest BCUT2D eigenvalue weighted by Gasteiger charge is 2.31. The molecule has 0 atom stereocenters. The fourth-order valence-corrected chi connectivity index (χ4v) is 3.95. The van der Waals surface area contributed by atoms with Gasteiger partial charge < -0.3 is 14.2 Å². The molecule has 156 valence electrons. The summed E-state index contributed by atoms with van der Waals surface area (Å²) in [5.41, 5.74) is -0.383. The predicted octanol–water partition coefficient (Wildman–Crippen LogP) is 2.37. The highest BCUT2D eigenvalue weighted by atomic mass is 32.2. The Kier molecular flexibility index (Phi) is 6.99. The first-order valence-electron chi connectivity index (χ1n) is 8.39. The van der Waals surface area contributed by atoms with Crippen molar-refractivity contribution in [3.8, 4) is 11.5 Å². The molecule has 0 spiro atoms. The maximum atomic E-state index is 13.3. The summed E-state index contributed by atoms with van der Waals surface area (Å²) in [6.45, 7) is 0.977. The number of hydrogen-bond acceptors (Lipinski definition) is 8. The molecule has 0 aromatic heterocycles. The van der Waals surface area contributed by atoms with Gasteiger partial charge in [-0.05, 0) is 25.1 Å². The Labute approximate surface area is 167 Å². The van der Waals surface area contributed by atoms with Crippen LogP contribution in [0.15, 0.2) is 47.4 Å². The summed E-state index contributed by atoms with van der Waals surface area (Å²) in [5, 5.41) is 11.1. The number of benzene rings is 2. The SMILES string of the molecule is CCOC(=O)CN(c1cc(OC)ccc1OC)S(=O)(=O)c1cccc([N+](=O)[O-])c1. The number of hydrogen-bond donors (Lipinski definition) is 0. The van der Waals surface area contributed by atoms with Gasteiger partial charge >= 0.3 is 5.97 Å². The molecule has 0 saturated carbocycles. The van der Waals surface area contributed by atoms with Gasteiger partial charge in [-0.1, -0.05) is 6.07 Å². The molecule has 0 heterocycles. The second-order valence-electron chi connectivity index (χ2n) is 5.61. The normalized spacial score (nSPS) is 10.9. The van der Waals surface area contributed by atoms with Crippen LogP contribution in [0.1, 0.15) is 6.92 Å². The van der Waals surface area contributed by atoms with Crippen molar-refractivity contribution in [2.24, 2.45) is 0 Å². The minimum atomic E-state index is -4.39. The van der Waals surface area contributed by atoms with Crippen LogP contribution >= 0.6 is 0 Å². The Balaban J connectivity index is 2.66. The van der Waals surface area contributed by atoms with Gasteiger partial charge in [0.2, 0.25) is 0 Å². The van der Waals surface area contributed by atoms with Crippen molar-refractivity contribution in [2.75, 3.05) is 31.7 Å². The summed E-state index contributed by atoms with van der Waals surface area (Å²) in [7, 11) is -1.65. The number of methoxy groups -OCH3 is 2. The van der Waals surface area contributed by atoms with Crippen molar-refractivity contribution in [1.82, 2.24) is 0 Å². The van der Waals surface area contributed by atoms with Gasteiger partial charge in [0.25, 0.3) is 15.7 Å². The van der Waals surface area contributed by atoms with E-state index in [4.69, 9.17) is 14.2 Å². The number of anilines is 1. The second kappa shape index (κ2) is 9.24. The van der Waals surface area contributed by atoms with Crippen LogP contribution in [-0.4, -0.2) is 46.7 Å². The number of nitrogens with zero attached hydrogens (tertiary/aromatic N) is 2. The van der Waals surface area contributed by atoms with E-state index in [1.807, 2.05) is 0 Å². The number of non-ortho nitro benzene ring substituents is 1. The molecule has 2 aromatic carbocycles. The number of nitro groups is 1. The quantitative estimate of drug-likeness (QED) is 0.341. The minimum Gasteiger partial charge on any atom is -0.497 e. The molecule has 0 radical (unpaired) electrons. The first kappa shape index (κ1) is 22.0. The molecule has 0 aliphatic heterocycles. The van der Waals surface area contributed by atoms with Crippen LogP contribution in [0.2, 0.25) is 0 Å². The molecule has 0 unspecified atom stereocenters. The Morgan fingerprint density at radius 2 is 1.86 bits per heavy atom. The Morgan fingerprint density at radius 1 is 1.14 bits per heavy atom. The minimum absolute atomic E-state index is 0.0198. The molecule has 0 N–H and O–H groups in total. The third kappa shape index (κ3) is 4.93. The average Bonchev–Trinajstić information content (AvgIpc) is 2.71. The van der Waals surface area contributed by atoms with Crippen LogP contribution < -0.4 is 13.8 Å². The number of carbonyl (C=O) groups excluding carboxylic acids is 1. The zero-order valence-electron chi connectivity index (χ0n) is 16.0. The van der Waals surface area contributed by atoms with Gasteiger partial charge in [-0.2, -0.15) is 0 Å². The fraction of sp³-hybridized carbons (Fsp3) is 0.278.